The molecule has 0 heterocycles. The van der Waals surface area contributed by atoms with E-state index in [1.54, 1.807) is 19.0 Å². The molecule has 1 atom stereocenters. The molecule has 0 aliphatic rings. The summed E-state index contributed by atoms with van der Waals surface area (Å²) in [6.45, 7) is 2.69. The maximum atomic E-state index is 11.6. The molecule has 0 fully saturated rings. The predicted octanol–water partition coefficient (Wildman–Crippen LogP) is 6.02. The minimum atomic E-state index is -0.866. The number of nitrogens with two attached hydrogens (primary N) is 1. The van der Waals surface area contributed by atoms with E-state index >= 15 is 0 Å². The first-order valence-corrected chi connectivity index (χ1v) is 11.4. The van der Waals surface area contributed by atoms with Crippen LogP contribution in [0.1, 0.15) is 34.6 Å². The van der Waals surface area contributed by atoms with E-state index in [9.17, 15) is 9.90 Å². The summed E-state index contributed by atoms with van der Waals surface area (Å²) >= 11 is 8.15. The Morgan fingerprint density at radius 2 is 1.88 bits per heavy atom. The summed E-state index contributed by atoms with van der Waals surface area (Å²) in [6, 6.07) is 19.7. The minimum Gasteiger partial charge on any atom is -0.481 e. The summed E-state index contributed by atoms with van der Waals surface area (Å²) < 4.78 is 2.12. The second-order valence-electron chi connectivity index (χ2n) is 7.79. The van der Waals surface area contributed by atoms with Crippen molar-refractivity contribution in [1.29, 1.82) is 0 Å². The summed E-state index contributed by atoms with van der Waals surface area (Å²) in [6.07, 6.45) is -0.0344. The maximum absolute atomic E-state index is 11.6. The molecule has 0 spiro atoms. The average molecular weight is 470 g/mol. The molecule has 3 aromatic carbocycles. The topological polar surface area (TPSA) is 78.6 Å². The quantitative estimate of drug-likeness (QED) is 0.263. The Labute approximate surface area is 198 Å². The number of carboxylic acids is 1. The van der Waals surface area contributed by atoms with E-state index in [0.29, 0.717) is 17.3 Å². The summed E-state index contributed by atoms with van der Waals surface area (Å²) in [7, 11) is 3.82. The standard InChI is InChI=1S/C25H28ClN3O2S/c1-16-5-4-6-20(11-16)32-29(3)15-19-12-17(7-9-22(19)26)21(14-25(30)31)18-8-10-24(28-2)23(27)13-18/h4-13,21,28H,14-15,27H2,1-3H3,(H,30,31). The molecule has 168 valence electrons. The molecule has 7 heteroatoms. The van der Waals surface area contributed by atoms with Gasteiger partial charge in [-0.15, -0.1) is 0 Å². The first-order valence-electron chi connectivity index (χ1n) is 10.3. The number of aliphatic carboxylic acids is 1. The highest BCUT2D eigenvalue weighted by Crippen LogP contribution is 2.34. The number of carbonyl (C=O) groups is 1. The second-order valence-corrected chi connectivity index (χ2v) is 9.48. The number of benzene rings is 3. The molecule has 3 aromatic rings. The lowest BCUT2D eigenvalue weighted by Gasteiger charge is -2.21. The second kappa shape index (κ2) is 10.8. The van der Waals surface area contributed by atoms with E-state index in [-0.39, 0.29) is 12.3 Å². The van der Waals surface area contributed by atoms with Crippen molar-refractivity contribution in [2.45, 2.75) is 30.7 Å². The number of hydrogen-bond donors (Lipinski definition) is 3. The first kappa shape index (κ1) is 24.0. The van der Waals surface area contributed by atoms with E-state index in [2.05, 4.69) is 34.7 Å². The van der Waals surface area contributed by atoms with Crippen molar-refractivity contribution >= 4 is 40.9 Å². The van der Waals surface area contributed by atoms with Gasteiger partial charge in [0.15, 0.2) is 0 Å². The highest BCUT2D eigenvalue weighted by atomic mass is 35.5. The van der Waals surface area contributed by atoms with Crippen molar-refractivity contribution in [3.05, 3.63) is 87.9 Å². The van der Waals surface area contributed by atoms with E-state index < -0.39 is 5.97 Å². The Morgan fingerprint density at radius 3 is 2.53 bits per heavy atom. The van der Waals surface area contributed by atoms with E-state index in [4.69, 9.17) is 17.3 Å². The maximum Gasteiger partial charge on any atom is 0.304 e. The van der Waals surface area contributed by atoms with Crippen molar-refractivity contribution in [3.63, 3.8) is 0 Å². The van der Waals surface area contributed by atoms with E-state index in [0.717, 1.165) is 27.3 Å². The van der Waals surface area contributed by atoms with Crippen LogP contribution in [0.5, 0.6) is 0 Å². The molecular weight excluding hydrogens is 442 g/mol. The highest BCUT2D eigenvalue weighted by molar-refractivity contribution is 7.97. The van der Waals surface area contributed by atoms with Gasteiger partial charge in [-0.25, -0.2) is 4.31 Å². The molecule has 32 heavy (non-hydrogen) atoms. The van der Waals surface area contributed by atoms with Gasteiger partial charge in [0, 0.05) is 29.4 Å². The number of carboxylic acid groups (broad SMARTS) is 1. The zero-order valence-corrected chi connectivity index (χ0v) is 20.0. The Hall–Kier alpha value is -2.67. The van der Waals surface area contributed by atoms with Gasteiger partial charge in [-0.05, 0) is 78.5 Å². The van der Waals surface area contributed by atoms with Crippen molar-refractivity contribution in [3.8, 4) is 0 Å². The summed E-state index contributed by atoms with van der Waals surface area (Å²) in [5, 5.41) is 13.2. The molecule has 1 unspecified atom stereocenters. The molecule has 0 saturated carbocycles. The minimum absolute atomic E-state index is 0.0344. The van der Waals surface area contributed by atoms with Gasteiger partial charge in [-0.2, -0.15) is 0 Å². The van der Waals surface area contributed by atoms with Crippen molar-refractivity contribution < 1.29 is 9.90 Å². The Kier molecular flexibility index (Phi) is 8.07. The Morgan fingerprint density at radius 1 is 1.16 bits per heavy atom. The van der Waals surface area contributed by atoms with Crippen LogP contribution in [0.15, 0.2) is 65.6 Å². The Bertz CT molecular complexity index is 1110. The lowest BCUT2D eigenvalue weighted by molar-refractivity contribution is -0.137. The van der Waals surface area contributed by atoms with Crippen LogP contribution in [0, 0.1) is 6.92 Å². The largest absolute Gasteiger partial charge is 0.481 e. The number of nitrogens with one attached hydrogen (secondary N) is 1. The summed E-state index contributed by atoms with van der Waals surface area (Å²) in [5.41, 5.74) is 11.5. The van der Waals surface area contributed by atoms with Gasteiger partial charge in [0.25, 0.3) is 0 Å². The van der Waals surface area contributed by atoms with Crippen molar-refractivity contribution in [2.24, 2.45) is 0 Å². The number of nitrogen functional groups attached to an aromatic ring is 1. The number of nitrogens with zero attached hydrogens (tertiary/aromatic N) is 1. The fraction of sp³-hybridized carbons (Fsp3) is 0.240. The molecule has 0 aromatic heterocycles. The molecule has 3 rings (SSSR count). The third kappa shape index (κ3) is 6.19. The van der Waals surface area contributed by atoms with Crippen LogP contribution in [0.25, 0.3) is 0 Å². The zero-order valence-electron chi connectivity index (χ0n) is 18.4. The molecule has 0 amide bonds. The van der Waals surface area contributed by atoms with Gasteiger partial charge in [0.05, 0.1) is 17.8 Å². The summed E-state index contributed by atoms with van der Waals surface area (Å²) in [4.78, 5) is 12.8. The lowest BCUT2D eigenvalue weighted by Crippen LogP contribution is -2.12. The fourth-order valence-electron chi connectivity index (χ4n) is 3.69. The number of hydrogen-bond acceptors (Lipinski definition) is 5. The van der Waals surface area contributed by atoms with Gasteiger partial charge in [0.2, 0.25) is 0 Å². The third-order valence-electron chi connectivity index (χ3n) is 5.24. The molecule has 4 N–H and O–H groups in total. The average Bonchev–Trinajstić information content (AvgIpc) is 2.73. The molecule has 0 saturated heterocycles. The molecule has 0 aliphatic carbocycles. The van der Waals surface area contributed by atoms with Crippen LogP contribution in [-0.4, -0.2) is 29.5 Å². The van der Waals surface area contributed by atoms with Gasteiger partial charge >= 0.3 is 5.97 Å². The molecular formula is C25H28ClN3O2S. The smallest absolute Gasteiger partial charge is 0.304 e. The van der Waals surface area contributed by atoms with Crippen molar-refractivity contribution in [1.82, 2.24) is 4.31 Å². The third-order valence-corrected chi connectivity index (χ3v) is 6.52. The van der Waals surface area contributed by atoms with Gasteiger partial charge in [-0.3, -0.25) is 4.79 Å². The zero-order chi connectivity index (χ0) is 23.3. The number of anilines is 2. The van der Waals surface area contributed by atoms with Crippen molar-refractivity contribution in [2.75, 3.05) is 25.1 Å². The van der Waals surface area contributed by atoms with Crippen LogP contribution in [-0.2, 0) is 11.3 Å². The fourth-order valence-corrected chi connectivity index (χ4v) is 4.80. The number of aryl methyl sites for hydroxylation is 1. The molecule has 5 nitrogen and oxygen atoms in total. The van der Waals surface area contributed by atoms with Crippen LogP contribution >= 0.6 is 23.5 Å². The Balaban J connectivity index is 1.88. The monoisotopic (exact) mass is 469 g/mol. The van der Waals surface area contributed by atoms with Crippen LogP contribution in [0.2, 0.25) is 5.02 Å². The van der Waals surface area contributed by atoms with Crippen LogP contribution in [0.3, 0.4) is 0 Å². The van der Waals surface area contributed by atoms with Crippen LogP contribution < -0.4 is 11.1 Å². The number of rotatable bonds is 9. The van der Waals surface area contributed by atoms with Gasteiger partial charge in [-0.1, -0.05) is 41.9 Å². The molecule has 0 radical (unpaired) electrons. The van der Waals surface area contributed by atoms with Gasteiger partial charge in [0.1, 0.15) is 0 Å². The highest BCUT2D eigenvalue weighted by Gasteiger charge is 2.20. The lowest BCUT2D eigenvalue weighted by atomic mass is 9.87. The molecule has 0 bridgehead atoms. The number of halogens is 1. The SMILES string of the molecule is CNc1ccc(C(CC(=O)O)c2ccc(Cl)c(CN(C)Sc3cccc(C)c3)c2)cc1N. The van der Waals surface area contributed by atoms with Gasteiger partial charge < -0.3 is 16.2 Å². The first-order chi connectivity index (χ1) is 15.3. The summed E-state index contributed by atoms with van der Waals surface area (Å²) in [5.74, 6) is -1.19. The normalized spacial score (nSPS) is 12.0. The molecule has 0 aliphatic heterocycles. The van der Waals surface area contributed by atoms with E-state index in [1.165, 1.54) is 5.56 Å². The van der Waals surface area contributed by atoms with Crippen LogP contribution in [0.4, 0.5) is 11.4 Å². The predicted molar refractivity (Wildman–Crippen MR) is 134 cm³/mol. The van der Waals surface area contributed by atoms with E-state index in [1.807, 2.05) is 49.5 Å².